The number of hydrogen-bond acceptors (Lipinski definition) is 7. The number of phenols is 1. The summed E-state index contributed by atoms with van der Waals surface area (Å²) in [4.78, 5) is 23.4. The van der Waals surface area contributed by atoms with E-state index in [1.165, 1.54) is 18.2 Å². The number of amidine groups is 1. The third-order valence-corrected chi connectivity index (χ3v) is 4.62. The lowest BCUT2D eigenvalue weighted by atomic mass is 10.1. The molecule has 1 aliphatic rings. The average molecular weight is 395 g/mol. The molecule has 9 heteroatoms. The van der Waals surface area contributed by atoms with Gasteiger partial charge in [-0.25, -0.2) is 4.79 Å². The highest BCUT2D eigenvalue weighted by molar-refractivity contribution is 6.42. The summed E-state index contributed by atoms with van der Waals surface area (Å²) in [6, 6.07) is 9.30. The third-order valence-electron chi connectivity index (χ3n) is 4.62. The highest BCUT2D eigenvalue weighted by Gasteiger charge is 2.28. The van der Waals surface area contributed by atoms with Gasteiger partial charge in [-0.15, -0.1) is 0 Å². The van der Waals surface area contributed by atoms with Crippen molar-refractivity contribution in [3.8, 4) is 5.75 Å². The molecule has 29 heavy (non-hydrogen) atoms. The van der Waals surface area contributed by atoms with E-state index in [2.05, 4.69) is 10.6 Å². The molecular formula is C20H21N5O4. The molecule has 0 atom stereocenters. The third kappa shape index (κ3) is 4.52. The van der Waals surface area contributed by atoms with Crippen LogP contribution < -0.4 is 16.4 Å². The molecule has 2 aromatic rings. The molecule has 0 aliphatic heterocycles. The molecule has 9 nitrogen and oxygen atoms in total. The highest BCUT2D eigenvalue weighted by atomic mass is 16.4. The predicted molar refractivity (Wildman–Crippen MR) is 109 cm³/mol. The maximum atomic E-state index is 12.3. The highest BCUT2D eigenvalue weighted by Crippen LogP contribution is 2.30. The summed E-state index contributed by atoms with van der Waals surface area (Å²) >= 11 is 0. The smallest absolute Gasteiger partial charge is 0.354 e. The van der Waals surface area contributed by atoms with Crippen LogP contribution in [-0.4, -0.2) is 33.6 Å². The van der Waals surface area contributed by atoms with E-state index in [4.69, 9.17) is 21.7 Å². The monoisotopic (exact) mass is 395 g/mol. The Morgan fingerprint density at radius 2 is 1.86 bits per heavy atom. The van der Waals surface area contributed by atoms with E-state index >= 15 is 0 Å². The van der Waals surface area contributed by atoms with Crippen molar-refractivity contribution in [3.05, 3.63) is 53.1 Å². The maximum absolute atomic E-state index is 12.3. The Bertz CT molecular complexity index is 1010. The molecule has 0 heterocycles. The fourth-order valence-corrected chi connectivity index (χ4v) is 2.78. The van der Waals surface area contributed by atoms with Gasteiger partial charge < -0.3 is 26.6 Å². The Balaban J connectivity index is 1.73. The zero-order valence-electron chi connectivity index (χ0n) is 15.5. The number of hydrogen-bond donors (Lipinski definition) is 7. The van der Waals surface area contributed by atoms with Gasteiger partial charge in [0.15, 0.2) is 0 Å². The van der Waals surface area contributed by atoms with Gasteiger partial charge in [0.1, 0.15) is 17.3 Å². The molecular weight excluding hydrogens is 374 g/mol. The van der Waals surface area contributed by atoms with Crippen LogP contribution in [0.15, 0.2) is 36.4 Å². The second-order valence-corrected chi connectivity index (χ2v) is 6.79. The molecule has 0 radical (unpaired) electrons. The zero-order chi connectivity index (χ0) is 21.1. The first-order valence-electron chi connectivity index (χ1n) is 8.94. The Kier molecular flexibility index (Phi) is 5.49. The van der Waals surface area contributed by atoms with Gasteiger partial charge in [0.2, 0.25) is 0 Å². The predicted octanol–water partition coefficient (Wildman–Crippen LogP) is 2.16. The van der Waals surface area contributed by atoms with Crippen molar-refractivity contribution < 1.29 is 19.8 Å². The summed E-state index contributed by atoms with van der Waals surface area (Å²) in [5.41, 5.74) is 6.40. The molecule has 0 bridgehead atoms. The summed E-state index contributed by atoms with van der Waals surface area (Å²) in [7, 11) is 0. The molecule has 2 aromatic carbocycles. The minimum absolute atomic E-state index is 0.0698. The normalized spacial score (nSPS) is 12.8. The van der Waals surface area contributed by atoms with Gasteiger partial charge in [-0.2, -0.15) is 0 Å². The fraction of sp³-hybridized carbons (Fsp3) is 0.200. The van der Waals surface area contributed by atoms with Crippen molar-refractivity contribution in [3.63, 3.8) is 0 Å². The van der Waals surface area contributed by atoms with Crippen LogP contribution in [0.4, 0.5) is 11.4 Å². The quantitative estimate of drug-likeness (QED) is 0.215. The summed E-state index contributed by atoms with van der Waals surface area (Å²) in [6.45, 7) is 0.150. The second-order valence-electron chi connectivity index (χ2n) is 6.79. The van der Waals surface area contributed by atoms with Crippen molar-refractivity contribution in [2.75, 3.05) is 11.1 Å². The van der Waals surface area contributed by atoms with Crippen LogP contribution in [-0.2, 0) is 11.3 Å². The first kappa shape index (κ1) is 19.9. The number of para-hydroxylation sites is 1. The summed E-state index contributed by atoms with van der Waals surface area (Å²) in [5.74, 6) is -1.87. The number of aliphatic carboxylic acids is 1. The van der Waals surface area contributed by atoms with Gasteiger partial charge in [-0.1, -0.05) is 12.1 Å². The number of carbonyl (C=O) groups is 2. The Morgan fingerprint density at radius 1 is 1.14 bits per heavy atom. The van der Waals surface area contributed by atoms with E-state index in [0.29, 0.717) is 11.3 Å². The number of aromatic hydroxyl groups is 1. The van der Waals surface area contributed by atoms with Crippen LogP contribution in [0.3, 0.4) is 0 Å². The van der Waals surface area contributed by atoms with Crippen LogP contribution >= 0.6 is 0 Å². The lowest BCUT2D eigenvalue weighted by Crippen LogP contribution is -2.31. The number of nitrogens with one attached hydrogen (secondary N) is 4. The molecule has 1 fully saturated rings. The van der Waals surface area contributed by atoms with E-state index in [1.807, 2.05) is 0 Å². The van der Waals surface area contributed by atoms with Gasteiger partial charge in [-0.05, 0) is 37.1 Å². The van der Waals surface area contributed by atoms with E-state index in [0.717, 1.165) is 12.8 Å². The number of anilines is 2. The fourth-order valence-electron chi connectivity index (χ4n) is 2.78. The van der Waals surface area contributed by atoms with Crippen molar-refractivity contribution in [1.82, 2.24) is 5.32 Å². The Morgan fingerprint density at radius 3 is 2.52 bits per heavy atom. The topological polar surface area (TPSA) is 172 Å². The van der Waals surface area contributed by atoms with Crippen LogP contribution in [0.1, 0.15) is 34.3 Å². The SMILES string of the molecule is N=C(C(=O)O)c1cc(NCc2cccc(C(=O)NC(=N)C3CC3)c2O)ccc1N. The number of phenolic OH excluding ortho intramolecular Hbond substituents is 1. The molecule has 0 saturated heterocycles. The lowest BCUT2D eigenvalue weighted by molar-refractivity contribution is -0.129. The molecule has 3 rings (SSSR count). The standard InChI is InChI=1S/C20H21N5O4/c21-15-7-6-12(8-14(15)16(22)20(28)29)24-9-11-2-1-3-13(17(11)26)19(27)25-18(23)10-4-5-10/h1-3,6-8,10,22,24,26H,4-5,9,21H2,(H,28,29)(H2,23,25,27). The first-order valence-corrected chi connectivity index (χ1v) is 8.94. The molecule has 0 spiro atoms. The average Bonchev–Trinajstić information content (AvgIpc) is 3.53. The summed E-state index contributed by atoms with van der Waals surface area (Å²) < 4.78 is 0. The molecule has 150 valence electrons. The number of benzene rings is 2. The number of carboxylic acid groups (broad SMARTS) is 1. The second kappa shape index (κ2) is 8.01. The molecule has 1 aliphatic carbocycles. The minimum atomic E-state index is -1.39. The van der Waals surface area contributed by atoms with Crippen LogP contribution in [0, 0.1) is 16.7 Å². The van der Waals surface area contributed by atoms with E-state index < -0.39 is 17.6 Å². The molecule has 8 N–H and O–H groups in total. The van der Waals surface area contributed by atoms with Crippen molar-refractivity contribution in [1.29, 1.82) is 10.8 Å². The summed E-state index contributed by atoms with van der Waals surface area (Å²) in [6.07, 6.45) is 1.77. The number of carbonyl (C=O) groups excluding carboxylic acids is 1. The number of nitrogen functional groups attached to an aromatic ring is 1. The van der Waals surface area contributed by atoms with Gasteiger partial charge in [0, 0.05) is 35.0 Å². The Hall–Kier alpha value is -3.88. The lowest BCUT2D eigenvalue weighted by Gasteiger charge is -2.13. The van der Waals surface area contributed by atoms with Crippen molar-refractivity contribution in [2.24, 2.45) is 5.92 Å². The van der Waals surface area contributed by atoms with E-state index in [-0.39, 0.29) is 40.9 Å². The van der Waals surface area contributed by atoms with Crippen LogP contribution in [0.5, 0.6) is 5.75 Å². The van der Waals surface area contributed by atoms with E-state index in [9.17, 15) is 14.7 Å². The van der Waals surface area contributed by atoms with Crippen LogP contribution in [0.25, 0.3) is 0 Å². The van der Waals surface area contributed by atoms with E-state index in [1.54, 1.807) is 18.2 Å². The molecule has 0 aromatic heterocycles. The minimum Gasteiger partial charge on any atom is -0.507 e. The zero-order valence-corrected chi connectivity index (χ0v) is 15.5. The van der Waals surface area contributed by atoms with Crippen LogP contribution in [0.2, 0.25) is 0 Å². The summed E-state index contributed by atoms with van der Waals surface area (Å²) in [5, 5.41) is 40.4. The largest absolute Gasteiger partial charge is 0.507 e. The molecule has 0 unspecified atom stereocenters. The van der Waals surface area contributed by atoms with Crippen molar-refractivity contribution in [2.45, 2.75) is 19.4 Å². The maximum Gasteiger partial charge on any atom is 0.354 e. The Labute approximate surface area is 166 Å². The molecule has 1 amide bonds. The van der Waals surface area contributed by atoms with Crippen molar-refractivity contribution >= 4 is 34.8 Å². The van der Waals surface area contributed by atoms with Gasteiger partial charge in [0.05, 0.1) is 5.56 Å². The number of amides is 1. The molecule has 1 saturated carbocycles. The van der Waals surface area contributed by atoms with Gasteiger partial charge in [-0.3, -0.25) is 15.6 Å². The first-order chi connectivity index (χ1) is 13.8. The van der Waals surface area contributed by atoms with Gasteiger partial charge >= 0.3 is 5.97 Å². The van der Waals surface area contributed by atoms with Gasteiger partial charge in [0.25, 0.3) is 5.91 Å². The number of carboxylic acids is 1. The number of nitrogens with two attached hydrogens (primary N) is 1. The number of rotatable bonds is 7.